The molecule has 1 aromatic heterocycles. The predicted molar refractivity (Wildman–Crippen MR) is 127 cm³/mol. The number of ether oxygens (including phenoxy) is 1. The minimum absolute atomic E-state index is 0.0595. The van der Waals surface area contributed by atoms with Crippen molar-refractivity contribution >= 4 is 17.0 Å². The zero-order chi connectivity index (χ0) is 23.8. The quantitative estimate of drug-likeness (QED) is 0.318. The molecular weight excluding hydrogens is 440 g/mol. The molecular formula is C24H30N4O4S. The van der Waals surface area contributed by atoms with E-state index in [1.807, 2.05) is 37.3 Å². The first-order valence-corrected chi connectivity index (χ1v) is 12.7. The largest absolute Gasteiger partial charge is 0.617 e. The highest BCUT2D eigenvalue weighted by Crippen LogP contribution is 2.29. The molecule has 9 heteroatoms. The van der Waals surface area contributed by atoms with Gasteiger partial charge in [-0.2, -0.15) is 4.80 Å². The summed E-state index contributed by atoms with van der Waals surface area (Å²) in [5, 5.41) is 23.0. The lowest BCUT2D eigenvalue weighted by Crippen LogP contribution is -2.09. The number of carbonyl (C=O) groups is 1. The molecule has 8 nitrogen and oxygen atoms in total. The third-order valence-electron chi connectivity index (χ3n) is 5.22. The molecule has 0 aliphatic carbocycles. The highest BCUT2D eigenvalue weighted by molar-refractivity contribution is 7.90. The molecule has 1 N–H and O–H groups in total. The Labute approximate surface area is 197 Å². The van der Waals surface area contributed by atoms with Crippen LogP contribution in [0.1, 0.15) is 59.6 Å². The second kappa shape index (κ2) is 11.8. The summed E-state index contributed by atoms with van der Waals surface area (Å²) in [5.74, 6) is 1.87. The van der Waals surface area contributed by atoms with Crippen molar-refractivity contribution in [2.45, 2.75) is 52.7 Å². The molecule has 1 heterocycles. The third kappa shape index (κ3) is 7.03. The number of Topliss-reactive ketones (excluding diaryl/α,β-unsaturated/α-hetero) is 1. The normalized spacial score (nSPS) is 12.0. The molecule has 2 aromatic carbocycles. The van der Waals surface area contributed by atoms with Crippen molar-refractivity contribution < 1.29 is 19.2 Å². The molecule has 0 fully saturated rings. The first-order chi connectivity index (χ1) is 15.9. The van der Waals surface area contributed by atoms with E-state index in [0.29, 0.717) is 48.9 Å². The van der Waals surface area contributed by atoms with Gasteiger partial charge < -0.3 is 14.4 Å². The first-order valence-electron chi connectivity index (χ1n) is 11.0. The van der Waals surface area contributed by atoms with Crippen LogP contribution >= 0.6 is 0 Å². The van der Waals surface area contributed by atoms with Crippen molar-refractivity contribution in [3.63, 3.8) is 0 Å². The van der Waals surface area contributed by atoms with Gasteiger partial charge >= 0.3 is 0 Å². The van der Waals surface area contributed by atoms with Crippen molar-refractivity contribution in [2.75, 3.05) is 12.0 Å². The van der Waals surface area contributed by atoms with Gasteiger partial charge in [-0.3, -0.25) is 4.79 Å². The molecule has 0 aliphatic rings. The molecule has 176 valence electrons. The third-order valence-corrected chi connectivity index (χ3v) is 6.09. The Morgan fingerprint density at radius 3 is 2.64 bits per heavy atom. The zero-order valence-corrected chi connectivity index (χ0v) is 20.1. The number of phenolic OH excluding ortho intramolecular Hbond substituents is 1. The lowest BCUT2D eigenvalue weighted by Gasteiger charge is -2.14. The smallest absolute Gasteiger partial charge is 0.179 e. The maximum absolute atomic E-state index is 11.7. The fourth-order valence-corrected chi connectivity index (χ4v) is 4.06. The molecule has 0 bridgehead atoms. The van der Waals surface area contributed by atoms with Gasteiger partial charge in [-0.1, -0.05) is 42.7 Å². The molecule has 0 spiro atoms. The minimum atomic E-state index is -0.814. The first kappa shape index (κ1) is 24.7. The highest BCUT2D eigenvalue weighted by Gasteiger charge is 2.15. The lowest BCUT2D eigenvalue weighted by atomic mass is 9.97. The zero-order valence-electron chi connectivity index (χ0n) is 19.3. The van der Waals surface area contributed by atoms with Gasteiger partial charge in [0.25, 0.3) is 0 Å². The average molecular weight is 471 g/mol. The van der Waals surface area contributed by atoms with Gasteiger partial charge in [0.2, 0.25) is 0 Å². The monoisotopic (exact) mass is 470 g/mol. The minimum Gasteiger partial charge on any atom is -0.617 e. The van der Waals surface area contributed by atoms with Crippen LogP contribution in [0.25, 0.3) is 0 Å². The number of phenols is 1. The predicted octanol–water partition coefficient (Wildman–Crippen LogP) is 3.47. The summed E-state index contributed by atoms with van der Waals surface area (Å²) >= 11 is -0.814. The molecule has 3 aromatic rings. The van der Waals surface area contributed by atoms with Gasteiger partial charge in [0.05, 0.1) is 18.4 Å². The van der Waals surface area contributed by atoms with E-state index >= 15 is 0 Å². The number of tetrazole rings is 1. The number of nitrogens with zero attached hydrogens (tertiary/aromatic N) is 4. The standard InChI is InChI=1S/C24H30N4O4S/c1-4-6-22-19(9-12-21(17(2)29)24(22)30)16-32-20-10-7-18(8-11-20)15-23-25-27-28(26-23)13-5-14-33(3)31/h7-12,30H,4-6,13-16H2,1-3H3. The van der Waals surface area contributed by atoms with E-state index in [9.17, 15) is 14.5 Å². The van der Waals surface area contributed by atoms with Crippen LogP contribution in [0.2, 0.25) is 0 Å². The number of benzene rings is 2. The summed E-state index contributed by atoms with van der Waals surface area (Å²) < 4.78 is 17.1. The summed E-state index contributed by atoms with van der Waals surface area (Å²) in [6, 6.07) is 11.2. The number of hydrogen-bond donors (Lipinski definition) is 1. The van der Waals surface area contributed by atoms with Gasteiger partial charge in [-0.05, 0) is 47.9 Å². The van der Waals surface area contributed by atoms with Gasteiger partial charge in [0.1, 0.15) is 23.9 Å². The van der Waals surface area contributed by atoms with E-state index in [0.717, 1.165) is 29.5 Å². The van der Waals surface area contributed by atoms with Crippen LogP contribution in [0.15, 0.2) is 36.4 Å². The molecule has 0 radical (unpaired) electrons. The van der Waals surface area contributed by atoms with Gasteiger partial charge in [-0.25, -0.2) is 0 Å². The van der Waals surface area contributed by atoms with Gasteiger partial charge in [-0.15, -0.1) is 10.2 Å². The van der Waals surface area contributed by atoms with Crippen molar-refractivity contribution in [1.82, 2.24) is 20.2 Å². The van der Waals surface area contributed by atoms with Gasteiger partial charge in [0.15, 0.2) is 11.6 Å². The van der Waals surface area contributed by atoms with E-state index in [-0.39, 0.29) is 11.5 Å². The van der Waals surface area contributed by atoms with E-state index < -0.39 is 11.2 Å². The molecule has 0 saturated heterocycles. The number of aryl methyl sites for hydroxylation is 1. The highest BCUT2D eigenvalue weighted by atomic mass is 32.2. The maximum Gasteiger partial charge on any atom is 0.179 e. The Balaban J connectivity index is 1.59. The Hall–Kier alpha value is -2.91. The van der Waals surface area contributed by atoms with E-state index in [4.69, 9.17) is 4.74 Å². The van der Waals surface area contributed by atoms with Crippen LogP contribution in [0.4, 0.5) is 0 Å². The second-order valence-corrected chi connectivity index (χ2v) is 9.50. The summed E-state index contributed by atoms with van der Waals surface area (Å²) in [5.41, 5.74) is 3.02. The summed E-state index contributed by atoms with van der Waals surface area (Å²) in [4.78, 5) is 13.3. The second-order valence-electron chi connectivity index (χ2n) is 7.95. The van der Waals surface area contributed by atoms with Crippen LogP contribution in [0, 0.1) is 0 Å². The summed E-state index contributed by atoms with van der Waals surface area (Å²) in [6.45, 7) is 4.39. The summed E-state index contributed by atoms with van der Waals surface area (Å²) in [7, 11) is 0. The number of carbonyl (C=O) groups excluding carboxylic acids is 1. The van der Waals surface area contributed by atoms with Crippen LogP contribution in [-0.4, -0.2) is 47.7 Å². The Bertz CT molecular complexity index is 1070. The number of ketones is 1. The molecule has 3 rings (SSSR count). The number of hydrogen-bond acceptors (Lipinski definition) is 7. The molecule has 0 saturated carbocycles. The average Bonchev–Trinajstić information content (AvgIpc) is 3.22. The Kier molecular flexibility index (Phi) is 8.85. The Morgan fingerprint density at radius 1 is 1.21 bits per heavy atom. The van der Waals surface area contributed by atoms with Crippen LogP contribution < -0.4 is 4.74 Å². The van der Waals surface area contributed by atoms with Crippen molar-refractivity contribution in [2.24, 2.45) is 0 Å². The van der Waals surface area contributed by atoms with E-state index in [1.165, 1.54) is 6.92 Å². The molecule has 0 aliphatic heterocycles. The van der Waals surface area contributed by atoms with Crippen molar-refractivity contribution in [3.05, 3.63) is 64.5 Å². The number of rotatable bonds is 12. The van der Waals surface area contributed by atoms with Crippen LogP contribution in [-0.2, 0) is 37.2 Å². The molecule has 1 atom stereocenters. The lowest BCUT2D eigenvalue weighted by molar-refractivity contribution is 0.101. The summed E-state index contributed by atoms with van der Waals surface area (Å²) in [6.07, 6.45) is 4.52. The van der Waals surface area contributed by atoms with Gasteiger partial charge in [0, 0.05) is 18.4 Å². The van der Waals surface area contributed by atoms with Crippen LogP contribution in [0.3, 0.4) is 0 Å². The number of aromatic hydroxyl groups is 1. The number of aromatic nitrogens is 4. The molecule has 33 heavy (non-hydrogen) atoms. The maximum atomic E-state index is 11.7. The van der Waals surface area contributed by atoms with E-state index in [2.05, 4.69) is 15.4 Å². The van der Waals surface area contributed by atoms with Crippen molar-refractivity contribution in [1.29, 1.82) is 0 Å². The fourth-order valence-electron chi connectivity index (χ4n) is 3.52. The molecule has 1 unspecified atom stereocenters. The van der Waals surface area contributed by atoms with E-state index in [1.54, 1.807) is 17.1 Å². The fraction of sp³-hybridized carbons (Fsp3) is 0.417. The molecule has 0 amide bonds. The van der Waals surface area contributed by atoms with Crippen molar-refractivity contribution in [3.8, 4) is 11.5 Å². The SMILES string of the molecule is CCCc1c(COc2ccc(Cc3nnn(CCC[S+](C)[O-])n3)cc2)ccc(C(C)=O)c1O. The Morgan fingerprint density at radius 2 is 1.97 bits per heavy atom. The topological polar surface area (TPSA) is 113 Å². The van der Waals surface area contributed by atoms with Crippen LogP contribution in [0.5, 0.6) is 11.5 Å².